The van der Waals surface area contributed by atoms with Gasteiger partial charge in [0.25, 0.3) is 5.91 Å². The van der Waals surface area contributed by atoms with Crippen LogP contribution in [0.15, 0.2) is 64.0 Å². The van der Waals surface area contributed by atoms with Crippen LogP contribution in [0.2, 0.25) is 0 Å². The minimum atomic E-state index is -0.448. The summed E-state index contributed by atoms with van der Waals surface area (Å²) in [5, 5.41) is 0.927. The van der Waals surface area contributed by atoms with E-state index in [1.54, 1.807) is 11.9 Å². The van der Waals surface area contributed by atoms with Crippen LogP contribution in [0.25, 0.3) is 11.0 Å². The van der Waals surface area contributed by atoms with Gasteiger partial charge in [0.05, 0.1) is 5.69 Å². The normalized spacial score (nSPS) is 17.8. The number of hydrogen-bond donors (Lipinski definition) is 0. The van der Waals surface area contributed by atoms with Gasteiger partial charge in [-0.15, -0.1) is 0 Å². The largest absolute Gasteiger partial charge is 0.452 e. The number of fused-ring (bicyclic) bond motifs is 3. The molecule has 3 aromatic rings. The zero-order valence-electron chi connectivity index (χ0n) is 13.0. The van der Waals surface area contributed by atoms with E-state index in [0.717, 1.165) is 27.9 Å². The van der Waals surface area contributed by atoms with Crippen molar-refractivity contribution in [3.8, 4) is 0 Å². The van der Waals surface area contributed by atoms with Crippen molar-refractivity contribution < 1.29 is 9.21 Å². The van der Waals surface area contributed by atoms with Gasteiger partial charge in [-0.25, -0.2) is 0 Å². The van der Waals surface area contributed by atoms with Crippen LogP contribution in [0.5, 0.6) is 0 Å². The molecule has 4 heteroatoms. The smallest absolute Gasteiger partial charge is 0.251 e. The van der Waals surface area contributed by atoms with Crippen molar-refractivity contribution in [3.63, 3.8) is 0 Å². The van der Waals surface area contributed by atoms with Crippen molar-refractivity contribution in [3.05, 3.63) is 65.9 Å². The average Bonchev–Trinajstić information content (AvgIpc) is 2.94. The summed E-state index contributed by atoms with van der Waals surface area (Å²) in [6, 6.07) is 17.2. The number of para-hydroxylation sites is 1. The van der Waals surface area contributed by atoms with E-state index in [4.69, 9.17) is 4.42 Å². The number of aliphatic imine (C=N–C) groups is 1. The molecule has 0 bridgehead atoms. The molecule has 1 amide bonds. The number of carbonyl (C=O) groups is 1. The van der Waals surface area contributed by atoms with Crippen LogP contribution < -0.4 is 4.90 Å². The molecule has 1 aliphatic heterocycles. The molecule has 2 aromatic carbocycles. The van der Waals surface area contributed by atoms with E-state index < -0.39 is 6.04 Å². The fourth-order valence-corrected chi connectivity index (χ4v) is 3.02. The number of amides is 1. The maximum absolute atomic E-state index is 12.6. The van der Waals surface area contributed by atoms with Gasteiger partial charge in [-0.1, -0.05) is 42.5 Å². The molecule has 1 atom stereocenters. The molecule has 1 aliphatic rings. The van der Waals surface area contributed by atoms with Crippen LogP contribution in [0, 0.1) is 0 Å². The topological polar surface area (TPSA) is 45.8 Å². The van der Waals surface area contributed by atoms with Gasteiger partial charge in [-0.05, 0) is 19.1 Å². The maximum atomic E-state index is 12.6. The first-order chi connectivity index (χ1) is 11.2. The fourth-order valence-electron chi connectivity index (χ4n) is 3.02. The van der Waals surface area contributed by atoms with Gasteiger partial charge in [-0.3, -0.25) is 9.79 Å². The Bertz CT molecular complexity index is 925. The molecule has 4 nitrogen and oxygen atoms in total. The summed E-state index contributed by atoms with van der Waals surface area (Å²) in [6.07, 6.45) is 0. The lowest BCUT2D eigenvalue weighted by Crippen LogP contribution is -2.32. The molecule has 1 aromatic heterocycles. The highest BCUT2D eigenvalue weighted by atomic mass is 16.3. The molecule has 0 spiro atoms. The highest BCUT2D eigenvalue weighted by Gasteiger charge is 2.31. The number of carbonyl (C=O) groups excluding carboxylic acids is 1. The third-order valence-electron chi connectivity index (χ3n) is 4.18. The zero-order chi connectivity index (χ0) is 16.0. The van der Waals surface area contributed by atoms with Gasteiger partial charge in [0.15, 0.2) is 5.76 Å². The van der Waals surface area contributed by atoms with Crippen molar-refractivity contribution in [1.82, 2.24) is 0 Å². The Kier molecular flexibility index (Phi) is 3.05. The van der Waals surface area contributed by atoms with Crippen LogP contribution in [-0.4, -0.2) is 24.7 Å². The Balaban J connectivity index is 2.06. The first-order valence-electron chi connectivity index (χ1n) is 7.59. The van der Waals surface area contributed by atoms with Crippen LogP contribution in [0.3, 0.4) is 0 Å². The average molecular weight is 304 g/mol. The minimum absolute atomic E-state index is 0.0382. The minimum Gasteiger partial charge on any atom is -0.452 e. The number of hydrogen-bond acceptors (Lipinski definition) is 3. The Morgan fingerprint density at radius 2 is 1.74 bits per heavy atom. The van der Waals surface area contributed by atoms with Crippen molar-refractivity contribution >= 4 is 28.3 Å². The van der Waals surface area contributed by atoms with Gasteiger partial charge in [0.2, 0.25) is 0 Å². The molecule has 1 unspecified atom stereocenters. The van der Waals surface area contributed by atoms with E-state index >= 15 is 0 Å². The molecule has 23 heavy (non-hydrogen) atoms. The van der Waals surface area contributed by atoms with Crippen molar-refractivity contribution in [1.29, 1.82) is 0 Å². The monoisotopic (exact) mass is 304 g/mol. The summed E-state index contributed by atoms with van der Waals surface area (Å²) in [4.78, 5) is 18.9. The van der Waals surface area contributed by atoms with Crippen LogP contribution in [-0.2, 0) is 4.79 Å². The summed E-state index contributed by atoms with van der Waals surface area (Å²) in [7, 11) is 1.78. The molecular weight excluding hydrogens is 288 g/mol. The highest BCUT2D eigenvalue weighted by molar-refractivity contribution is 6.22. The molecule has 0 saturated carbocycles. The standard InChI is InChI=1S/C19H16N2O2/c1-12-19(22)21(2)17-14-10-6-7-11-15(14)23-18(17)16(20-12)13-8-4-3-5-9-13/h3-12H,1-2H3. The Morgan fingerprint density at radius 3 is 2.52 bits per heavy atom. The van der Waals surface area contributed by atoms with E-state index in [-0.39, 0.29) is 5.91 Å². The van der Waals surface area contributed by atoms with Gasteiger partial charge >= 0.3 is 0 Å². The lowest BCUT2D eigenvalue weighted by atomic mass is 10.1. The molecule has 0 saturated heterocycles. The summed E-state index contributed by atoms with van der Waals surface area (Å²) < 4.78 is 6.08. The van der Waals surface area contributed by atoms with Crippen molar-refractivity contribution in [2.24, 2.45) is 4.99 Å². The van der Waals surface area contributed by atoms with Crippen molar-refractivity contribution in [2.45, 2.75) is 13.0 Å². The summed E-state index contributed by atoms with van der Waals surface area (Å²) in [5.74, 6) is 0.612. The number of benzene rings is 2. The quantitative estimate of drug-likeness (QED) is 0.689. The molecule has 2 heterocycles. The van der Waals surface area contributed by atoms with Crippen molar-refractivity contribution in [2.75, 3.05) is 11.9 Å². The number of anilines is 1. The summed E-state index contributed by atoms with van der Waals surface area (Å²) >= 11 is 0. The third-order valence-corrected chi connectivity index (χ3v) is 4.18. The second kappa shape index (κ2) is 5.09. The first kappa shape index (κ1) is 13.8. The predicted octanol–water partition coefficient (Wildman–Crippen LogP) is 3.64. The Hall–Kier alpha value is -2.88. The van der Waals surface area contributed by atoms with E-state index in [1.807, 2.05) is 61.5 Å². The van der Waals surface area contributed by atoms with Crippen LogP contribution in [0.1, 0.15) is 18.2 Å². The van der Waals surface area contributed by atoms with Crippen LogP contribution in [0.4, 0.5) is 5.69 Å². The van der Waals surface area contributed by atoms with Crippen LogP contribution >= 0.6 is 0 Å². The Labute approximate surface area is 134 Å². The number of furan rings is 1. The molecule has 114 valence electrons. The lowest BCUT2D eigenvalue weighted by molar-refractivity contribution is -0.119. The maximum Gasteiger partial charge on any atom is 0.251 e. The van der Waals surface area contributed by atoms with Gasteiger partial charge in [0.1, 0.15) is 17.3 Å². The number of nitrogens with zero attached hydrogens (tertiary/aromatic N) is 2. The van der Waals surface area contributed by atoms with Gasteiger partial charge in [-0.2, -0.15) is 0 Å². The lowest BCUT2D eigenvalue weighted by Gasteiger charge is -2.16. The van der Waals surface area contributed by atoms with E-state index in [1.165, 1.54) is 0 Å². The highest BCUT2D eigenvalue weighted by Crippen LogP contribution is 2.37. The first-order valence-corrected chi connectivity index (χ1v) is 7.59. The second-order valence-electron chi connectivity index (χ2n) is 5.69. The molecular formula is C19H16N2O2. The van der Waals surface area contributed by atoms with Gasteiger partial charge in [0, 0.05) is 18.0 Å². The van der Waals surface area contributed by atoms with E-state index in [9.17, 15) is 4.79 Å². The zero-order valence-corrected chi connectivity index (χ0v) is 13.0. The van der Waals surface area contributed by atoms with Gasteiger partial charge < -0.3 is 9.32 Å². The SMILES string of the molecule is CC1N=C(c2ccccc2)c2oc3ccccc3c2N(C)C1=O. The predicted molar refractivity (Wildman–Crippen MR) is 91.2 cm³/mol. The second-order valence-corrected chi connectivity index (χ2v) is 5.69. The molecule has 0 radical (unpaired) electrons. The van der Waals surface area contributed by atoms with E-state index in [2.05, 4.69) is 4.99 Å². The molecule has 0 fully saturated rings. The summed E-state index contributed by atoms with van der Waals surface area (Å²) in [6.45, 7) is 1.82. The third kappa shape index (κ3) is 2.06. The summed E-state index contributed by atoms with van der Waals surface area (Å²) in [5.41, 5.74) is 3.22. The molecule has 0 aliphatic carbocycles. The number of rotatable bonds is 1. The van der Waals surface area contributed by atoms with E-state index in [0.29, 0.717) is 5.76 Å². The molecule has 0 N–H and O–H groups in total. The fraction of sp³-hybridized carbons (Fsp3) is 0.158. The number of likely N-dealkylation sites (N-methyl/N-ethyl adjacent to an activating group) is 1. The Morgan fingerprint density at radius 1 is 1.04 bits per heavy atom. The molecule has 4 rings (SSSR count).